The number of hydrogen-bond donors (Lipinski definition) is 1. The van der Waals surface area contributed by atoms with Crippen LogP contribution in [0, 0.1) is 5.92 Å². The van der Waals surface area contributed by atoms with Gasteiger partial charge in [0.05, 0.1) is 0 Å². The van der Waals surface area contributed by atoms with Crippen LogP contribution in [0.2, 0.25) is 0 Å². The predicted octanol–water partition coefficient (Wildman–Crippen LogP) is 1.73. The summed E-state index contributed by atoms with van der Waals surface area (Å²) in [5, 5.41) is 8.58. The van der Waals surface area contributed by atoms with Gasteiger partial charge in [-0.25, -0.2) is 0 Å². The van der Waals surface area contributed by atoms with Crippen LogP contribution in [-0.2, 0) is 0 Å². The van der Waals surface area contributed by atoms with Gasteiger partial charge in [-0.1, -0.05) is 12.2 Å². The Bertz CT molecular complexity index is 96.7. The average Bonchev–Trinajstić information content (AvgIpc) is 1.91. The molecule has 9 heavy (non-hydrogen) atoms. The normalized spacial score (nSPS) is 26.6. The molecular formula is C8H14O. The van der Waals surface area contributed by atoms with Crippen molar-refractivity contribution in [2.75, 3.05) is 6.61 Å². The minimum absolute atomic E-state index is 0.342. The first kappa shape index (κ1) is 6.81. The molecule has 0 bridgehead atoms. The van der Waals surface area contributed by atoms with Crippen LogP contribution in [0.25, 0.3) is 0 Å². The van der Waals surface area contributed by atoms with Crippen molar-refractivity contribution in [2.24, 2.45) is 5.92 Å². The molecule has 1 aliphatic carbocycles. The van der Waals surface area contributed by atoms with Crippen LogP contribution in [0.15, 0.2) is 12.2 Å². The lowest BCUT2D eigenvalue weighted by molar-refractivity contribution is 0.264. The molecule has 0 saturated heterocycles. The van der Waals surface area contributed by atoms with E-state index >= 15 is 0 Å². The molecule has 0 aliphatic heterocycles. The summed E-state index contributed by atoms with van der Waals surface area (Å²) in [5.41, 5.74) is 0. The zero-order chi connectivity index (χ0) is 6.53. The third-order valence-electron chi connectivity index (χ3n) is 1.85. The largest absolute Gasteiger partial charge is 0.396 e. The number of rotatable bonds is 2. The van der Waals surface area contributed by atoms with E-state index in [-0.39, 0.29) is 0 Å². The Morgan fingerprint density at radius 3 is 3.00 bits per heavy atom. The zero-order valence-electron chi connectivity index (χ0n) is 5.71. The van der Waals surface area contributed by atoms with Gasteiger partial charge in [-0.15, -0.1) is 0 Å². The highest BCUT2D eigenvalue weighted by Crippen LogP contribution is 2.19. The van der Waals surface area contributed by atoms with Gasteiger partial charge in [-0.2, -0.15) is 0 Å². The molecule has 1 aliphatic rings. The smallest absolute Gasteiger partial charge is 0.0436 e. The molecule has 1 unspecified atom stereocenters. The molecule has 1 rings (SSSR count). The van der Waals surface area contributed by atoms with Crippen LogP contribution in [0.1, 0.15) is 25.7 Å². The van der Waals surface area contributed by atoms with Crippen molar-refractivity contribution < 1.29 is 5.11 Å². The summed E-state index contributed by atoms with van der Waals surface area (Å²) in [5.74, 6) is 0.670. The Balaban J connectivity index is 2.23. The summed E-state index contributed by atoms with van der Waals surface area (Å²) >= 11 is 0. The van der Waals surface area contributed by atoms with Gasteiger partial charge >= 0.3 is 0 Å². The first-order valence-electron chi connectivity index (χ1n) is 3.71. The minimum atomic E-state index is 0.342. The van der Waals surface area contributed by atoms with Crippen LogP contribution in [-0.4, -0.2) is 11.7 Å². The van der Waals surface area contributed by atoms with Gasteiger partial charge < -0.3 is 5.11 Å². The second kappa shape index (κ2) is 3.67. The van der Waals surface area contributed by atoms with E-state index in [1.807, 2.05) is 0 Å². The Labute approximate surface area is 56.4 Å². The van der Waals surface area contributed by atoms with E-state index in [0.29, 0.717) is 12.5 Å². The highest BCUT2D eigenvalue weighted by molar-refractivity contribution is 4.92. The van der Waals surface area contributed by atoms with Crippen LogP contribution in [0.4, 0.5) is 0 Å². The molecule has 1 atom stereocenters. The molecule has 0 fully saturated rings. The Hall–Kier alpha value is -0.300. The van der Waals surface area contributed by atoms with Gasteiger partial charge in [0.1, 0.15) is 0 Å². The van der Waals surface area contributed by atoms with E-state index in [9.17, 15) is 0 Å². The summed E-state index contributed by atoms with van der Waals surface area (Å²) in [7, 11) is 0. The van der Waals surface area contributed by atoms with Gasteiger partial charge in [0.25, 0.3) is 0 Å². The number of hydrogen-bond acceptors (Lipinski definition) is 1. The second-order valence-electron chi connectivity index (χ2n) is 2.63. The Morgan fingerprint density at radius 1 is 1.56 bits per heavy atom. The summed E-state index contributed by atoms with van der Waals surface area (Å²) in [6, 6.07) is 0. The predicted molar refractivity (Wildman–Crippen MR) is 38.2 cm³/mol. The molecule has 1 nitrogen and oxygen atoms in total. The summed E-state index contributed by atoms with van der Waals surface area (Å²) in [4.78, 5) is 0. The van der Waals surface area contributed by atoms with Crippen LogP contribution in [0.5, 0.6) is 0 Å². The van der Waals surface area contributed by atoms with Crippen LogP contribution >= 0.6 is 0 Å². The van der Waals surface area contributed by atoms with Gasteiger partial charge in [-0.05, 0) is 31.6 Å². The fraction of sp³-hybridized carbons (Fsp3) is 0.750. The van der Waals surface area contributed by atoms with Crippen LogP contribution in [0.3, 0.4) is 0 Å². The van der Waals surface area contributed by atoms with Gasteiger partial charge in [0, 0.05) is 6.61 Å². The quantitative estimate of drug-likeness (QED) is 0.558. The van der Waals surface area contributed by atoms with Crippen molar-refractivity contribution in [1.29, 1.82) is 0 Å². The summed E-state index contributed by atoms with van der Waals surface area (Å²) in [6.07, 6.45) is 9.24. The van der Waals surface area contributed by atoms with E-state index in [1.54, 1.807) is 0 Å². The van der Waals surface area contributed by atoms with E-state index < -0.39 is 0 Å². The molecule has 0 aromatic heterocycles. The Kier molecular flexibility index (Phi) is 2.78. The van der Waals surface area contributed by atoms with Crippen molar-refractivity contribution >= 4 is 0 Å². The van der Waals surface area contributed by atoms with Crippen molar-refractivity contribution in [3.8, 4) is 0 Å². The summed E-state index contributed by atoms with van der Waals surface area (Å²) in [6.45, 7) is 0.342. The maximum atomic E-state index is 8.58. The molecule has 52 valence electrons. The third kappa shape index (κ3) is 2.19. The maximum absolute atomic E-state index is 8.58. The molecule has 1 N–H and O–H groups in total. The molecular weight excluding hydrogens is 112 g/mol. The number of aliphatic hydroxyl groups is 1. The Morgan fingerprint density at radius 2 is 2.44 bits per heavy atom. The zero-order valence-corrected chi connectivity index (χ0v) is 5.71. The number of allylic oxidation sites excluding steroid dienone is 2. The van der Waals surface area contributed by atoms with Crippen molar-refractivity contribution in [2.45, 2.75) is 25.7 Å². The van der Waals surface area contributed by atoms with E-state index in [2.05, 4.69) is 12.2 Å². The third-order valence-corrected chi connectivity index (χ3v) is 1.85. The number of aliphatic hydroxyl groups excluding tert-OH is 1. The molecule has 0 radical (unpaired) electrons. The van der Waals surface area contributed by atoms with E-state index in [4.69, 9.17) is 5.11 Å². The van der Waals surface area contributed by atoms with Crippen molar-refractivity contribution in [3.05, 3.63) is 12.2 Å². The van der Waals surface area contributed by atoms with Crippen LogP contribution < -0.4 is 0 Å². The molecule has 0 aromatic rings. The topological polar surface area (TPSA) is 20.2 Å². The van der Waals surface area contributed by atoms with E-state index in [1.165, 1.54) is 19.3 Å². The molecule has 0 amide bonds. The lowest BCUT2D eigenvalue weighted by Crippen LogP contribution is -2.02. The lowest BCUT2D eigenvalue weighted by Gasteiger charge is -2.13. The minimum Gasteiger partial charge on any atom is -0.396 e. The standard InChI is InChI=1S/C8H14O/c9-7-6-8-4-2-1-3-5-8/h2,4,8-9H,1,3,5-7H2. The highest BCUT2D eigenvalue weighted by Gasteiger charge is 2.05. The first-order chi connectivity index (χ1) is 4.43. The van der Waals surface area contributed by atoms with Gasteiger partial charge in [-0.3, -0.25) is 0 Å². The first-order valence-corrected chi connectivity index (χ1v) is 3.71. The highest BCUT2D eigenvalue weighted by atomic mass is 16.3. The van der Waals surface area contributed by atoms with Gasteiger partial charge in [0.15, 0.2) is 0 Å². The average molecular weight is 126 g/mol. The lowest BCUT2D eigenvalue weighted by atomic mass is 9.94. The molecule has 0 aromatic carbocycles. The second-order valence-corrected chi connectivity index (χ2v) is 2.63. The molecule has 0 heterocycles. The molecule has 0 saturated carbocycles. The fourth-order valence-electron chi connectivity index (χ4n) is 1.29. The molecule has 1 heteroatoms. The van der Waals surface area contributed by atoms with Crippen molar-refractivity contribution in [3.63, 3.8) is 0 Å². The molecule has 0 spiro atoms. The SMILES string of the molecule is OCCC1C=CCCC1. The fourth-order valence-corrected chi connectivity index (χ4v) is 1.29. The van der Waals surface area contributed by atoms with Gasteiger partial charge in [0.2, 0.25) is 0 Å². The monoisotopic (exact) mass is 126 g/mol. The van der Waals surface area contributed by atoms with E-state index in [0.717, 1.165) is 6.42 Å². The maximum Gasteiger partial charge on any atom is 0.0436 e. The summed E-state index contributed by atoms with van der Waals surface area (Å²) < 4.78 is 0. The van der Waals surface area contributed by atoms with Crippen molar-refractivity contribution in [1.82, 2.24) is 0 Å².